The molecule has 86 valence electrons. The number of hydrogen-bond acceptors (Lipinski definition) is 4. The van der Waals surface area contributed by atoms with E-state index in [1.54, 1.807) is 6.92 Å². The molecule has 0 radical (unpaired) electrons. The normalized spacial score (nSPS) is 11.7. The van der Waals surface area contributed by atoms with E-state index in [0.29, 0.717) is 12.5 Å². The summed E-state index contributed by atoms with van der Waals surface area (Å²) in [5.41, 5.74) is -1.10. The fourth-order valence-electron chi connectivity index (χ4n) is 0.891. The summed E-state index contributed by atoms with van der Waals surface area (Å²) in [6, 6.07) is 0. The molecule has 0 heterocycles. The number of carbonyl (C=O) groups excluding carboxylic acids is 1. The molecule has 0 rings (SSSR count). The van der Waals surface area contributed by atoms with Gasteiger partial charge in [0, 0.05) is 12.2 Å². The van der Waals surface area contributed by atoms with Gasteiger partial charge < -0.3 is 20.6 Å². The van der Waals surface area contributed by atoms with Gasteiger partial charge in [-0.05, 0) is 6.42 Å². The molecule has 6 nitrogen and oxygen atoms in total. The molecule has 0 spiro atoms. The first-order valence-corrected chi connectivity index (χ1v) is 4.44. The molecule has 0 bridgehead atoms. The second-order valence-electron chi connectivity index (χ2n) is 3.11. The highest BCUT2D eigenvalue weighted by Gasteiger charge is 2.27. The molecule has 0 atom stereocenters. The maximum absolute atomic E-state index is 11.2. The lowest BCUT2D eigenvalue weighted by molar-refractivity contribution is -0.131. The molecule has 0 aliphatic rings. The third-order valence-electron chi connectivity index (χ3n) is 2.05. The molecule has 0 aromatic heterocycles. The number of carboxylic acids is 1. The summed E-state index contributed by atoms with van der Waals surface area (Å²) in [5, 5.41) is 28.6. The highest BCUT2D eigenvalue weighted by molar-refractivity contribution is 5.94. The first kappa shape index (κ1) is 13.6. The second kappa shape index (κ2) is 6.15. The quantitative estimate of drug-likeness (QED) is 0.421. The molecule has 0 saturated heterocycles. The van der Waals surface area contributed by atoms with Crippen LogP contribution in [0.15, 0.2) is 12.2 Å². The van der Waals surface area contributed by atoms with Crippen LogP contribution in [0.1, 0.15) is 13.3 Å². The Labute approximate surface area is 87.2 Å². The van der Waals surface area contributed by atoms with E-state index < -0.39 is 30.6 Å². The molecule has 1 amide bonds. The maximum atomic E-state index is 11.2. The van der Waals surface area contributed by atoms with Crippen LogP contribution in [0.5, 0.6) is 0 Å². The van der Waals surface area contributed by atoms with Gasteiger partial charge in [-0.15, -0.1) is 0 Å². The van der Waals surface area contributed by atoms with E-state index in [2.05, 4.69) is 5.32 Å². The van der Waals surface area contributed by atoms with Gasteiger partial charge in [-0.1, -0.05) is 6.92 Å². The molecule has 0 aromatic carbocycles. The van der Waals surface area contributed by atoms with Gasteiger partial charge in [0.05, 0.1) is 18.8 Å². The van der Waals surface area contributed by atoms with Crippen LogP contribution in [-0.2, 0) is 9.59 Å². The summed E-state index contributed by atoms with van der Waals surface area (Å²) in [6.45, 7) is 0.868. The maximum Gasteiger partial charge on any atom is 0.328 e. The standard InChI is InChI=1S/C9H15NO5/c1-2-9(5-11,6-12)10-7(13)3-4-8(14)15/h3-4,11-12H,2,5-6H2,1H3,(H,10,13)(H,14,15). The minimum absolute atomic E-state index is 0.340. The Morgan fingerprint density at radius 1 is 1.27 bits per heavy atom. The van der Waals surface area contributed by atoms with Gasteiger partial charge in [0.15, 0.2) is 0 Å². The average molecular weight is 217 g/mol. The lowest BCUT2D eigenvalue weighted by Crippen LogP contribution is -2.53. The third-order valence-corrected chi connectivity index (χ3v) is 2.05. The molecular weight excluding hydrogens is 202 g/mol. The molecule has 0 saturated carbocycles. The molecule has 0 aliphatic heterocycles. The van der Waals surface area contributed by atoms with Gasteiger partial charge >= 0.3 is 5.97 Å². The number of carboxylic acid groups (broad SMARTS) is 1. The molecule has 0 aliphatic carbocycles. The summed E-state index contributed by atoms with van der Waals surface area (Å²) in [5.74, 6) is -1.90. The van der Waals surface area contributed by atoms with Crippen LogP contribution >= 0.6 is 0 Å². The highest BCUT2D eigenvalue weighted by atomic mass is 16.4. The Morgan fingerprint density at radius 3 is 2.13 bits per heavy atom. The van der Waals surface area contributed by atoms with Crippen molar-refractivity contribution in [2.24, 2.45) is 0 Å². The van der Waals surface area contributed by atoms with Crippen LogP contribution in [0.4, 0.5) is 0 Å². The lowest BCUT2D eigenvalue weighted by atomic mass is 9.98. The molecule has 15 heavy (non-hydrogen) atoms. The number of carbonyl (C=O) groups is 2. The van der Waals surface area contributed by atoms with Crippen LogP contribution in [0, 0.1) is 0 Å². The average Bonchev–Trinajstić information content (AvgIpc) is 2.23. The van der Waals surface area contributed by atoms with Crippen molar-refractivity contribution in [3.05, 3.63) is 12.2 Å². The summed E-state index contributed by atoms with van der Waals surface area (Å²) >= 11 is 0. The van der Waals surface area contributed by atoms with Gasteiger partial charge in [-0.25, -0.2) is 4.79 Å². The molecular formula is C9H15NO5. The van der Waals surface area contributed by atoms with Crippen molar-refractivity contribution in [3.63, 3.8) is 0 Å². The minimum Gasteiger partial charge on any atom is -0.478 e. The van der Waals surface area contributed by atoms with E-state index >= 15 is 0 Å². The van der Waals surface area contributed by atoms with E-state index in [1.807, 2.05) is 0 Å². The SMILES string of the molecule is CCC(CO)(CO)NC(=O)C=CC(=O)O. The van der Waals surface area contributed by atoms with Crippen molar-refractivity contribution in [1.82, 2.24) is 5.32 Å². The fourth-order valence-corrected chi connectivity index (χ4v) is 0.891. The van der Waals surface area contributed by atoms with Gasteiger partial charge in [-0.3, -0.25) is 4.79 Å². The van der Waals surface area contributed by atoms with Crippen molar-refractivity contribution in [3.8, 4) is 0 Å². The van der Waals surface area contributed by atoms with Crippen LogP contribution in [-0.4, -0.2) is 45.9 Å². The molecule has 0 unspecified atom stereocenters. The topological polar surface area (TPSA) is 107 Å². The van der Waals surface area contributed by atoms with E-state index in [0.717, 1.165) is 6.08 Å². The number of aliphatic hydroxyl groups is 2. The summed E-state index contributed by atoms with van der Waals surface area (Å²) in [7, 11) is 0. The van der Waals surface area contributed by atoms with Crippen molar-refractivity contribution >= 4 is 11.9 Å². The zero-order valence-corrected chi connectivity index (χ0v) is 8.43. The summed E-state index contributed by atoms with van der Waals surface area (Å²) < 4.78 is 0. The van der Waals surface area contributed by atoms with E-state index in [9.17, 15) is 9.59 Å². The van der Waals surface area contributed by atoms with Crippen LogP contribution in [0.25, 0.3) is 0 Å². The molecule has 6 heteroatoms. The third kappa shape index (κ3) is 4.57. The summed E-state index contributed by atoms with van der Waals surface area (Å²) in [4.78, 5) is 21.3. The Hall–Kier alpha value is -1.40. The molecule has 0 aromatic rings. The van der Waals surface area contributed by atoms with Crippen LogP contribution in [0.3, 0.4) is 0 Å². The first-order chi connectivity index (χ1) is 6.99. The lowest BCUT2D eigenvalue weighted by Gasteiger charge is -2.28. The van der Waals surface area contributed by atoms with Crippen molar-refractivity contribution in [1.29, 1.82) is 0 Å². The Balaban J connectivity index is 4.42. The minimum atomic E-state index is -1.24. The fraction of sp³-hybridized carbons (Fsp3) is 0.556. The van der Waals surface area contributed by atoms with Crippen LogP contribution in [0.2, 0.25) is 0 Å². The smallest absolute Gasteiger partial charge is 0.328 e. The molecule has 0 fully saturated rings. The predicted octanol–water partition coefficient (Wildman–Crippen LogP) is -1.12. The van der Waals surface area contributed by atoms with Crippen molar-refractivity contribution in [2.45, 2.75) is 18.9 Å². The van der Waals surface area contributed by atoms with Crippen molar-refractivity contribution in [2.75, 3.05) is 13.2 Å². The predicted molar refractivity (Wildman–Crippen MR) is 52.1 cm³/mol. The zero-order valence-electron chi connectivity index (χ0n) is 8.43. The number of nitrogens with one attached hydrogen (secondary N) is 1. The second-order valence-corrected chi connectivity index (χ2v) is 3.11. The van der Waals surface area contributed by atoms with E-state index in [1.165, 1.54) is 0 Å². The number of aliphatic carboxylic acids is 1. The Kier molecular flexibility index (Phi) is 5.58. The largest absolute Gasteiger partial charge is 0.478 e. The van der Waals surface area contributed by atoms with Gasteiger partial charge in [0.1, 0.15) is 0 Å². The Bertz CT molecular complexity index is 249. The van der Waals surface area contributed by atoms with E-state index in [-0.39, 0.29) is 0 Å². The highest BCUT2D eigenvalue weighted by Crippen LogP contribution is 2.07. The summed E-state index contributed by atoms with van der Waals surface area (Å²) in [6.07, 6.45) is 1.86. The number of amides is 1. The van der Waals surface area contributed by atoms with Crippen LogP contribution < -0.4 is 5.32 Å². The number of hydrogen-bond donors (Lipinski definition) is 4. The molecule has 4 N–H and O–H groups in total. The number of aliphatic hydroxyl groups excluding tert-OH is 2. The monoisotopic (exact) mass is 217 g/mol. The zero-order chi connectivity index (χ0) is 11.9. The number of rotatable bonds is 6. The first-order valence-electron chi connectivity index (χ1n) is 4.44. The Morgan fingerprint density at radius 2 is 1.80 bits per heavy atom. The van der Waals surface area contributed by atoms with Gasteiger partial charge in [-0.2, -0.15) is 0 Å². The van der Waals surface area contributed by atoms with E-state index in [4.69, 9.17) is 15.3 Å². The van der Waals surface area contributed by atoms with Gasteiger partial charge in [0.25, 0.3) is 0 Å². The van der Waals surface area contributed by atoms with Crippen molar-refractivity contribution < 1.29 is 24.9 Å². The van der Waals surface area contributed by atoms with Gasteiger partial charge in [0.2, 0.25) is 5.91 Å².